The molecular weight excluding hydrogens is 368 g/mol. The zero-order chi connectivity index (χ0) is 19.6. The van der Waals surface area contributed by atoms with E-state index in [1.807, 2.05) is 18.7 Å². The number of ether oxygens (including phenoxy) is 1. The molecule has 1 aromatic carbocycles. The molecule has 2 aliphatic heterocycles. The lowest BCUT2D eigenvalue weighted by Gasteiger charge is -2.38. The molecule has 2 amide bonds. The molecule has 3 rings (SSSR count). The lowest BCUT2D eigenvalue weighted by Crippen LogP contribution is -2.49. The average Bonchev–Trinajstić information content (AvgIpc) is 3.05. The topological polar surface area (TPSA) is 66.9 Å². The van der Waals surface area contributed by atoms with Crippen molar-refractivity contribution in [3.8, 4) is 0 Å². The number of nitrogens with zero attached hydrogens (tertiary/aromatic N) is 2. The first-order valence-electron chi connectivity index (χ1n) is 9.46. The second-order valence-electron chi connectivity index (χ2n) is 7.32. The summed E-state index contributed by atoms with van der Waals surface area (Å²) in [6, 6.07) is 5.00. The van der Waals surface area contributed by atoms with Gasteiger partial charge < -0.3 is 14.5 Å². The van der Waals surface area contributed by atoms with Crippen LogP contribution in [-0.2, 0) is 14.3 Å². The van der Waals surface area contributed by atoms with Crippen LogP contribution in [0.1, 0.15) is 56.3 Å². The molecule has 27 heavy (non-hydrogen) atoms. The number of carbonyl (C=O) groups is 3. The number of rotatable bonds is 4. The number of carbonyl (C=O) groups excluding carboxylic acids is 3. The summed E-state index contributed by atoms with van der Waals surface area (Å²) in [6.45, 7) is 4.34. The van der Waals surface area contributed by atoms with Gasteiger partial charge in [0.1, 0.15) is 0 Å². The largest absolute Gasteiger partial charge is 0.452 e. The minimum Gasteiger partial charge on any atom is -0.452 e. The van der Waals surface area contributed by atoms with E-state index in [4.69, 9.17) is 16.3 Å². The van der Waals surface area contributed by atoms with Gasteiger partial charge in [-0.3, -0.25) is 9.59 Å². The highest BCUT2D eigenvalue weighted by Crippen LogP contribution is 2.30. The highest BCUT2D eigenvalue weighted by molar-refractivity contribution is 6.34. The number of anilines is 1. The van der Waals surface area contributed by atoms with Crippen LogP contribution >= 0.6 is 11.6 Å². The summed E-state index contributed by atoms with van der Waals surface area (Å²) >= 11 is 6.20. The summed E-state index contributed by atoms with van der Waals surface area (Å²) in [5.41, 5.74) is 0.792. The van der Waals surface area contributed by atoms with Crippen LogP contribution in [0.4, 0.5) is 5.69 Å². The summed E-state index contributed by atoms with van der Waals surface area (Å²) in [4.78, 5) is 40.3. The predicted octanol–water partition coefficient (Wildman–Crippen LogP) is 3.41. The molecular formula is C20H25ClN2O4. The van der Waals surface area contributed by atoms with Crippen LogP contribution in [0.25, 0.3) is 0 Å². The summed E-state index contributed by atoms with van der Waals surface area (Å²) in [6.07, 6.45) is 4.29. The molecule has 0 unspecified atom stereocenters. The van der Waals surface area contributed by atoms with E-state index < -0.39 is 5.97 Å². The zero-order valence-corrected chi connectivity index (χ0v) is 16.5. The number of hydrogen-bond donors (Lipinski definition) is 0. The van der Waals surface area contributed by atoms with Crippen molar-refractivity contribution in [1.82, 2.24) is 4.90 Å². The van der Waals surface area contributed by atoms with E-state index in [1.165, 1.54) is 0 Å². The summed E-state index contributed by atoms with van der Waals surface area (Å²) in [7, 11) is 0. The van der Waals surface area contributed by atoms with Gasteiger partial charge >= 0.3 is 5.97 Å². The van der Waals surface area contributed by atoms with E-state index in [-0.39, 0.29) is 36.1 Å². The SMILES string of the molecule is C[C@@H]1CCC[C@@H](C)N1C(=O)COC(=O)c1ccc(Cl)c(N2CCCC2=O)c1. The Morgan fingerprint density at radius 3 is 2.52 bits per heavy atom. The van der Waals surface area contributed by atoms with Gasteiger partial charge in [0, 0.05) is 25.0 Å². The van der Waals surface area contributed by atoms with Crippen LogP contribution in [0, 0.1) is 0 Å². The fraction of sp³-hybridized carbons (Fsp3) is 0.550. The maximum absolute atomic E-state index is 12.5. The first kappa shape index (κ1) is 19.7. The third-order valence-corrected chi connectivity index (χ3v) is 5.67. The first-order valence-corrected chi connectivity index (χ1v) is 9.84. The van der Waals surface area contributed by atoms with Crippen LogP contribution in [-0.4, -0.2) is 47.9 Å². The Kier molecular flexibility index (Phi) is 6.05. The quantitative estimate of drug-likeness (QED) is 0.736. The Morgan fingerprint density at radius 2 is 1.89 bits per heavy atom. The minimum atomic E-state index is -0.592. The highest BCUT2D eigenvalue weighted by atomic mass is 35.5. The Bertz CT molecular complexity index is 741. The normalized spacial score (nSPS) is 22.9. The summed E-state index contributed by atoms with van der Waals surface area (Å²) in [5, 5.41) is 0.411. The van der Waals surface area contributed by atoms with Gasteiger partial charge in [0.05, 0.1) is 16.3 Å². The number of piperidine rings is 1. The van der Waals surface area contributed by atoms with Gasteiger partial charge in [0.2, 0.25) is 5.91 Å². The van der Waals surface area contributed by atoms with E-state index in [2.05, 4.69) is 0 Å². The number of esters is 1. The lowest BCUT2D eigenvalue weighted by atomic mass is 9.97. The fourth-order valence-electron chi connectivity index (χ4n) is 3.95. The fourth-order valence-corrected chi connectivity index (χ4v) is 4.17. The molecule has 0 N–H and O–H groups in total. The van der Waals surface area contributed by atoms with Crippen molar-refractivity contribution in [3.05, 3.63) is 28.8 Å². The zero-order valence-electron chi connectivity index (χ0n) is 15.7. The standard InChI is InChI=1S/C20H25ClN2O4/c1-13-5-3-6-14(2)23(13)19(25)12-27-20(26)15-8-9-16(21)17(11-15)22-10-4-7-18(22)24/h8-9,11,13-14H,3-7,10,12H2,1-2H3/t13-,14-/m1/s1. The Labute approximate surface area is 164 Å². The number of amides is 2. The number of likely N-dealkylation sites (tertiary alicyclic amines) is 1. The van der Waals surface area contributed by atoms with E-state index in [0.717, 1.165) is 25.7 Å². The van der Waals surface area contributed by atoms with E-state index in [1.54, 1.807) is 23.1 Å². The molecule has 0 spiro atoms. The first-order chi connectivity index (χ1) is 12.9. The van der Waals surface area contributed by atoms with Gasteiger partial charge in [-0.15, -0.1) is 0 Å². The molecule has 0 radical (unpaired) electrons. The smallest absolute Gasteiger partial charge is 0.338 e. The molecule has 2 saturated heterocycles. The van der Waals surface area contributed by atoms with Crippen molar-refractivity contribution < 1.29 is 19.1 Å². The van der Waals surface area contributed by atoms with Crippen molar-refractivity contribution >= 4 is 35.1 Å². The van der Waals surface area contributed by atoms with Crippen molar-refractivity contribution in [2.75, 3.05) is 18.1 Å². The molecule has 7 heteroatoms. The Balaban J connectivity index is 1.66. The second kappa shape index (κ2) is 8.30. The van der Waals surface area contributed by atoms with Gasteiger partial charge in [0.15, 0.2) is 6.61 Å². The summed E-state index contributed by atoms with van der Waals surface area (Å²) in [5.74, 6) is -0.775. The molecule has 0 saturated carbocycles. The maximum Gasteiger partial charge on any atom is 0.338 e. The van der Waals surface area contributed by atoms with Gasteiger partial charge in [-0.05, 0) is 57.7 Å². The van der Waals surface area contributed by atoms with E-state index in [0.29, 0.717) is 23.7 Å². The Morgan fingerprint density at radius 1 is 1.19 bits per heavy atom. The average molecular weight is 393 g/mol. The van der Waals surface area contributed by atoms with E-state index in [9.17, 15) is 14.4 Å². The third-order valence-electron chi connectivity index (χ3n) is 5.35. The third kappa shape index (κ3) is 4.26. The molecule has 6 nitrogen and oxygen atoms in total. The summed E-state index contributed by atoms with van der Waals surface area (Å²) < 4.78 is 5.25. The number of halogens is 1. The maximum atomic E-state index is 12.5. The molecule has 2 atom stereocenters. The molecule has 0 aromatic heterocycles. The second-order valence-corrected chi connectivity index (χ2v) is 7.73. The minimum absolute atomic E-state index is 0.00864. The van der Waals surface area contributed by atoms with E-state index >= 15 is 0 Å². The molecule has 1 aromatic rings. The molecule has 0 bridgehead atoms. The van der Waals surface area contributed by atoms with Crippen molar-refractivity contribution in [3.63, 3.8) is 0 Å². The molecule has 2 fully saturated rings. The van der Waals surface area contributed by atoms with Gasteiger partial charge in [-0.25, -0.2) is 4.79 Å². The van der Waals surface area contributed by atoms with Crippen LogP contribution in [0.3, 0.4) is 0 Å². The molecule has 2 heterocycles. The van der Waals surface area contributed by atoms with Crippen molar-refractivity contribution in [2.24, 2.45) is 0 Å². The van der Waals surface area contributed by atoms with Crippen LogP contribution in [0.15, 0.2) is 18.2 Å². The van der Waals surface area contributed by atoms with Gasteiger partial charge in [0.25, 0.3) is 5.91 Å². The van der Waals surface area contributed by atoms with Crippen molar-refractivity contribution in [1.29, 1.82) is 0 Å². The molecule has 2 aliphatic rings. The van der Waals surface area contributed by atoms with Gasteiger partial charge in [-0.1, -0.05) is 11.6 Å². The lowest BCUT2D eigenvalue weighted by molar-refractivity contribution is -0.140. The number of hydrogen-bond acceptors (Lipinski definition) is 4. The van der Waals surface area contributed by atoms with Gasteiger partial charge in [-0.2, -0.15) is 0 Å². The van der Waals surface area contributed by atoms with Crippen LogP contribution in [0.5, 0.6) is 0 Å². The number of benzene rings is 1. The monoisotopic (exact) mass is 392 g/mol. The molecule has 146 valence electrons. The molecule has 0 aliphatic carbocycles. The Hall–Kier alpha value is -2.08. The highest BCUT2D eigenvalue weighted by Gasteiger charge is 2.30. The van der Waals surface area contributed by atoms with Crippen LogP contribution in [0.2, 0.25) is 5.02 Å². The predicted molar refractivity (Wildman–Crippen MR) is 103 cm³/mol. The van der Waals surface area contributed by atoms with Crippen LogP contribution < -0.4 is 4.90 Å². The van der Waals surface area contributed by atoms with Crippen molar-refractivity contribution in [2.45, 2.75) is 58.0 Å².